The van der Waals surface area contributed by atoms with E-state index in [2.05, 4.69) is 27.7 Å². The standard InChI is InChI=1S/C18H36O6/c1-16(15-18(2,3)4)14-17(19)24-13-12-23-11-10-22-9-8-21-7-6-20-5/h16H,6-15H2,1-5H3. The predicted octanol–water partition coefficient (Wildman–Crippen LogP) is 2.69. The quantitative estimate of drug-likeness (QED) is 0.335. The first kappa shape index (κ1) is 23.3. The summed E-state index contributed by atoms with van der Waals surface area (Å²) in [6, 6.07) is 0. The van der Waals surface area contributed by atoms with Gasteiger partial charge in [-0.2, -0.15) is 0 Å². The van der Waals surface area contributed by atoms with Crippen molar-refractivity contribution in [1.82, 2.24) is 0 Å². The van der Waals surface area contributed by atoms with Crippen LogP contribution < -0.4 is 0 Å². The Morgan fingerprint density at radius 3 is 1.75 bits per heavy atom. The van der Waals surface area contributed by atoms with Crippen molar-refractivity contribution in [3.8, 4) is 0 Å². The molecular weight excluding hydrogens is 312 g/mol. The van der Waals surface area contributed by atoms with E-state index in [1.54, 1.807) is 7.11 Å². The fourth-order valence-electron chi connectivity index (χ4n) is 2.36. The maximum atomic E-state index is 11.7. The second-order valence-electron chi connectivity index (χ2n) is 7.12. The van der Waals surface area contributed by atoms with Gasteiger partial charge < -0.3 is 23.7 Å². The van der Waals surface area contributed by atoms with E-state index in [-0.39, 0.29) is 11.4 Å². The minimum absolute atomic E-state index is 0.153. The molecule has 0 aliphatic carbocycles. The van der Waals surface area contributed by atoms with Crippen molar-refractivity contribution in [1.29, 1.82) is 0 Å². The molecule has 0 N–H and O–H groups in total. The molecule has 0 rings (SSSR count). The van der Waals surface area contributed by atoms with E-state index in [1.807, 2.05) is 0 Å². The van der Waals surface area contributed by atoms with Gasteiger partial charge in [0.05, 0.1) is 46.2 Å². The van der Waals surface area contributed by atoms with Crippen LogP contribution >= 0.6 is 0 Å². The second-order valence-corrected chi connectivity index (χ2v) is 7.12. The average Bonchev–Trinajstić information content (AvgIpc) is 2.46. The maximum absolute atomic E-state index is 11.7. The molecule has 0 aromatic rings. The Hall–Kier alpha value is -0.690. The third kappa shape index (κ3) is 17.7. The highest BCUT2D eigenvalue weighted by molar-refractivity contribution is 5.69. The van der Waals surface area contributed by atoms with Crippen LogP contribution in [0.15, 0.2) is 0 Å². The van der Waals surface area contributed by atoms with Gasteiger partial charge in [-0.3, -0.25) is 4.79 Å². The van der Waals surface area contributed by atoms with Crippen LogP contribution in [-0.4, -0.2) is 65.9 Å². The van der Waals surface area contributed by atoms with Crippen LogP contribution in [0.5, 0.6) is 0 Å². The van der Waals surface area contributed by atoms with Gasteiger partial charge in [0, 0.05) is 13.5 Å². The lowest BCUT2D eigenvalue weighted by atomic mass is 9.84. The molecule has 1 unspecified atom stereocenters. The van der Waals surface area contributed by atoms with Crippen LogP contribution in [0.1, 0.15) is 40.5 Å². The van der Waals surface area contributed by atoms with Gasteiger partial charge in [-0.25, -0.2) is 0 Å². The number of carbonyl (C=O) groups excluding carboxylic acids is 1. The number of rotatable bonds is 15. The Balaban J connectivity index is 3.33. The molecule has 0 saturated heterocycles. The Bertz CT molecular complexity index is 300. The first-order valence-electron chi connectivity index (χ1n) is 8.73. The summed E-state index contributed by atoms with van der Waals surface area (Å²) in [5.41, 5.74) is 0.234. The maximum Gasteiger partial charge on any atom is 0.306 e. The van der Waals surface area contributed by atoms with Crippen molar-refractivity contribution in [2.75, 3.05) is 60.0 Å². The number of methoxy groups -OCH3 is 1. The molecule has 0 bridgehead atoms. The lowest BCUT2D eigenvalue weighted by Crippen LogP contribution is -2.18. The topological polar surface area (TPSA) is 63.2 Å². The third-order valence-electron chi connectivity index (χ3n) is 3.14. The Labute approximate surface area is 147 Å². The van der Waals surface area contributed by atoms with Gasteiger partial charge in [-0.15, -0.1) is 0 Å². The summed E-state index contributed by atoms with van der Waals surface area (Å²) in [5.74, 6) is 0.178. The molecule has 1 atom stereocenters. The highest BCUT2D eigenvalue weighted by Gasteiger charge is 2.18. The average molecular weight is 348 g/mol. The summed E-state index contributed by atoms with van der Waals surface area (Å²) in [6.45, 7) is 12.5. The zero-order valence-corrected chi connectivity index (χ0v) is 16.1. The summed E-state index contributed by atoms with van der Waals surface area (Å²) in [4.78, 5) is 11.7. The van der Waals surface area contributed by atoms with Gasteiger partial charge in [0.2, 0.25) is 0 Å². The zero-order chi connectivity index (χ0) is 18.3. The molecule has 0 spiro atoms. The number of hydrogen-bond acceptors (Lipinski definition) is 6. The Morgan fingerprint density at radius 1 is 0.833 bits per heavy atom. The predicted molar refractivity (Wildman–Crippen MR) is 93.1 cm³/mol. The minimum Gasteiger partial charge on any atom is -0.463 e. The van der Waals surface area contributed by atoms with E-state index in [0.29, 0.717) is 65.2 Å². The highest BCUT2D eigenvalue weighted by Crippen LogP contribution is 2.25. The van der Waals surface area contributed by atoms with Crippen LogP contribution in [-0.2, 0) is 28.5 Å². The van der Waals surface area contributed by atoms with Crippen LogP contribution in [0.2, 0.25) is 0 Å². The zero-order valence-electron chi connectivity index (χ0n) is 16.1. The molecule has 0 radical (unpaired) electrons. The molecule has 144 valence electrons. The molecule has 24 heavy (non-hydrogen) atoms. The SMILES string of the molecule is COCCOCCOCCOCCOC(=O)CC(C)CC(C)(C)C. The lowest BCUT2D eigenvalue weighted by Gasteiger charge is -2.22. The van der Waals surface area contributed by atoms with E-state index >= 15 is 0 Å². The van der Waals surface area contributed by atoms with Crippen LogP contribution in [0.25, 0.3) is 0 Å². The van der Waals surface area contributed by atoms with Gasteiger partial charge in [0.15, 0.2) is 0 Å². The van der Waals surface area contributed by atoms with Gasteiger partial charge in [0.25, 0.3) is 0 Å². The first-order valence-corrected chi connectivity index (χ1v) is 8.73. The molecule has 0 saturated carbocycles. The summed E-state index contributed by atoms with van der Waals surface area (Å²) in [5, 5.41) is 0. The fraction of sp³-hybridized carbons (Fsp3) is 0.944. The van der Waals surface area contributed by atoms with E-state index in [0.717, 1.165) is 6.42 Å². The first-order chi connectivity index (χ1) is 11.3. The largest absolute Gasteiger partial charge is 0.463 e. The number of carbonyl (C=O) groups is 1. The molecule has 0 aromatic carbocycles. The van der Waals surface area contributed by atoms with Crippen molar-refractivity contribution in [2.24, 2.45) is 11.3 Å². The third-order valence-corrected chi connectivity index (χ3v) is 3.14. The van der Waals surface area contributed by atoms with E-state index < -0.39 is 0 Å². The smallest absolute Gasteiger partial charge is 0.306 e. The molecule has 0 amide bonds. The summed E-state index contributed by atoms with van der Waals surface area (Å²) >= 11 is 0. The molecule has 0 fully saturated rings. The molecule has 0 aliphatic rings. The Morgan fingerprint density at radius 2 is 1.29 bits per heavy atom. The number of hydrogen-bond donors (Lipinski definition) is 0. The normalized spacial score (nSPS) is 13.0. The summed E-state index contributed by atoms with van der Waals surface area (Å²) in [7, 11) is 1.64. The van der Waals surface area contributed by atoms with Crippen LogP contribution in [0.4, 0.5) is 0 Å². The second kappa shape index (κ2) is 14.6. The lowest BCUT2D eigenvalue weighted by molar-refractivity contribution is -0.146. The monoisotopic (exact) mass is 348 g/mol. The number of ether oxygens (including phenoxy) is 5. The van der Waals surface area contributed by atoms with E-state index in [9.17, 15) is 4.79 Å². The minimum atomic E-state index is -0.153. The molecule has 0 aliphatic heterocycles. The van der Waals surface area contributed by atoms with Gasteiger partial charge in [0.1, 0.15) is 6.61 Å². The van der Waals surface area contributed by atoms with Crippen molar-refractivity contribution < 1.29 is 28.5 Å². The molecule has 6 nitrogen and oxygen atoms in total. The number of esters is 1. The molecular formula is C18H36O6. The molecule has 0 aromatic heterocycles. The van der Waals surface area contributed by atoms with Crippen molar-refractivity contribution in [3.63, 3.8) is 0 Å². The van der Waals surface area contributed by atoms with Crippen LogP contribution in [0, 0.1) is 11.3 Å². The van der Waals surface area contributed by atoms with Crippen molar-refractivity contribution >= 4 is 5.97 Å². The van der Waals surface area contributed by atoms with Gasteiger partial charge in [-0.05, 0) is 17.8 Å². The summed E-state index contributed by atoms with van der Waals surface area (Å²) in [6.07, 6.45) is 1.47. The van der Waals surface area contributed by atoms with Crippen molar-refractivity contribution in [2.45, 2.75) is 40.5 Å². The van der Waals surface area contributed by atoms with Crippen LogP contribution in [0.3, 0.4) is 0 Å². The van der Waals surface area contributed by atoms with Crippen molar-refractivity contribution in [3.05, 3.63) is 0 Å². The van der Waals surface area contributed by atoms with Gasteiger partial charge in [-0.1, -0.05) is 27.7 Å². The fourth-order valence-corrected chi connectivity index (χ4v) is 2.36. The molecule has 0 heterocycles. The Kier molecular flexibility index (Phi) is 14.2. The van der Waals surface area contributed by atoms with E-state index in [1.165, 1.54) is 0 Å². The highest BCUT2D eigenvalue weighted by atomic mass is 16.6. The van der Waals surface area contributed by atoms with E-state index in [4.69, 9.17) is 23.7 Å². The summed E-state index contributed by atoms with van der Waals surface area (Å²) < 4.78 is 26.0. The van der Waals surface area contributed by atoms with Gasteiger partial charge >= 0.3 is 5.97 Å². The molecule has 6 heteroatoms.